The highest BCUT2D eigenvalue weighted by Crippen LogP contribution is 2.36. The minimum atomic E-state index is -0.536. The highest BCUT2D eigenvalue weighted by molar-refractivity contribution is 5.67. The molecule has 1 aliphatic rings. The Morgan fingerprint density at radius 2 is 1.72 bits per heavy atom. The maximum atomic E-state index is 14.6. The van der Waals surface area contributed by atoms with Crippen LogP contribution in [0.3, 0.4) is 0 Å². The van der Waals surface area contributed by atoms with Crippen molar-refractivity contribution in [3.8, 4) is 34.4 Å². The molecule has 150 valence electrons. The number of aromatic nitrogens is 2. The molecule has 1 aromatic heterocycles. The molecule has 0 saturated heterocycles. The van der Waals surface area contributed by atoms with Crippen molar-refractivity contribution in [2.24, 2.45) is 0 Å². The molecule has 0 N–H and O–H groups in total. The molecule has 2 heterocycles. The summed E-state index contributed by atoms with van der Waals surface area (Å²) in [6.45, 7) is 0.989. The summed E-state index contributed by atoms with van der Waals surface area (Å²) in [6, 6.07) is 10.7. The van der Waals surface area contributed by atoms with Crippen LogP contribution in [0, 0.1) is 5.82 Å². The van der Waals surface area contributed by atoms with Crippen molar-refractivity contribution in [2.45, 2.75) is 0 Å². The molecule has 0 radical (unpaired) electrons. The Morgan fingerprint density at radius 1 is 0.966 bits per heavy atom. The molecule has 0 saturated carbocycles. The number of halogens is 1. The smallest absolute Gasteiger partial charge is 0.184 e. The summed E-state index contributed by atoms with van der Waals surface area (Å²) in [5, 5.41) is 0. The molecule has 3 aromatic rings. The quantitative estimate of drug-likeness (QED) is 0.648. The number of hydrogen-bond donors (Lipinski definition) is 0. The lowest BCUT2D eigenvalue weighted by molar-refractivity contribution is 0.171. The van der Waals surface area contributed by atoms with Crippen LogP contribution < -0.4 is 23.8 Å². The Kier molecular flexibility index (Phi) is 5.07. The second-order valence-corrected chi connectivity index (χ2v) is 6.32. The summed E-state index contributed by atoms with van der Waals surface area (Å²) in [7, 11) is 4.84. The van der Waals surface area contributed by atoms with E-state index in [-0.39, 0.29) is 5.82 Å². The van der Waals surface area contributed by atoms with Gasteiger partial charge in [-0.05, 0) is 30.3 Å². The van der Waals surface area contributed by atoms with E-state index < -0.39 is 5.82 Å². The summed E-state index contributed by atoms with van der Waals surface area (Å²) in [4.78, 5) is 10.2. The first-order valence-electron chi connectivity index (χ1n) is 8.99. The fourth-order valence-electron chi connectivity index (χ4n) is 3.07. The highest BCUT2D eigenvalue weighted by Gasteiger charge is 2.18. The Hall–Kier alpha value is -3.55. The van der Waals surface area contributed by atoms with E-state index in [1.807, 2.05) is 6.07 Å². The molecule has 8 heteroatoms. The highest BCUT2D eigenvalue weighted by atomic mass is 19.1. The number of hydrogen-bond acceptors (Lipinski definition) is 7. The Balaban J connectivity index is 1.70. The predicted octanol–water partition coefficient (Wildman–Crippen LogP) is 3.84. The summed E-state index contributed by atoms with van der Waals surface area (Å²) in [6.07, 6.45) is 1.16. The summed E-state index contributed by atoms with van der Waals surface area (Å²) >= 11 is 0. The van der Waals surface area contributed by atoms with Gasteiger partial charge in [-0.15, -0.1) is 0 Å². The number of methoxy groups -OCH3 is 2. The standard InChI is InChI=1S/C21H20FN3O4/c1-25(14-5-7-17-19(11-14)29-9-8-28-17)21-15(22)12-23-20(24-21)13-4-6-16(26-2)18(10-13)27-3/h4-7,10-12H,8-9H2,1-3H3. The number of anilines is 2. The van der Waals surface area contributed by atoms with Crippen LogP contribution in [0.2, 0.25) is 0 Å². The number of ether oxygens (including phenoxy) is 4. The van der Waals surface area contributed by atoms with E-state index >= 15 is 0 Å². The molecule has 29 heavy (non-hydrogen) atoms. The van der Waals surface area contributed by atoms with Crippen molar-refractivity contribution in [1.29, 1.82) is 0 Å². The zero-order valence-corrected chi connectivity index (χ0v) is 16.3. The van der Waals surface area contributed by atoms with E-state index in [0.29, 0.717) is 53.3 Å². The number of nitrogens with zero attached hydrogens (tertiary/aromatic N) is 3. The van der Waals surface area contributed by atoms with E-state index in [9.17, 15) is 4.39 Å². The molecular formula is C21H20FN3O4. The van der Waals surface area contributed by atoms with Crippen LogP contribution in [0.5, 0.6) is 23.0 Å². The third kappa shape index (κ3) is 3.61. The number of fused-ring (bicyclic) bond motifs is 1. The second kappa shape index (κ2) is 7.83. The van der Waals surface area contributed by atoms with Gasteiger partial charge >= 0.3 is 0 Å². The first kappa shape index (κ1) is 18.8. The van der Waals surface area contributed by atoms with Gasteiger partial charge in [0, 0.05) is 24.4 Å². The summed E-state index contributed by atoms with van der Waals surface area (Å²) < 4.78 is 36.3. The lowest BCUT2D eigenvalue weighted by Crippen LogP contribution is -2.17. The van der Waals surface area contributed by atoms with E-state index in [1.165, 1.54) is 0 Å². The largest absolute Gasteiger partial charge is 0.493 e. The SMILES string of the molecule is COc1ccc(-c2ncc(F)c(N(C)c3ccc4c(c3)OCCO4)n2)cc1OC. The minimum Gasteiger partial charge on any atom is -0.493 e. The van der Waals surface area contributed by atoms with Crippen molar-refractivity contribution in [1.82, 2.24) is 9.97 Å². The number of benzene rings is 2. The van der Waals surface area contributed by atoms with Crippen LogP contribution in [0.1, 0.15) is 0 Å². The van der Waals surface area contributed by atoms with Gasteiger partial charge in [0.2, 0.25) is 0 Å². The monoisotopic (exact) mass is 397 g/mol. The van der Waals surface area contributed by atoms with E-state index in [0.717, 1.165) is 6.20 Å². The van der Waals surface area contributed by atoms with Gasteiger partial charge in [0.15, 0.2) is 40.5 Å². The molecule has 0 unspecified atom stereocenters. The van der Waals surface area contributed by atoms with Gasteiger partial charge < -0.3 is 23.8 Å². The molecule has 4 rings (SSSR count). The molecule has 0 amide bonds. The van der Waals surface area contributed by atoms with Crippen molar-refractivity contribution in [3.05, 3.63) is 48.4 Å². The lowest BCUT2D eigenvalue weighted by atomic mass is 10.2. The van der Waals surface area contributed by atoms with E-state index in [1.54, 1.807) is 56.5 Å². The third-order valence-electron chi connectivity index (χ3n) is 4.60. The fourth-order valence-corrected chi connectivity index (χ4v) is 3.07. The number of rotatable bonds is 5. The van der Waals surface area contributed by atoms with Gasteiger partial charge in [0.25, 0.3) is 0 Å². The van der Waals surface area contributed by atoms with E-state index in [4.69, 9.17) is 18.9 Å². The topological polar surface area (TPSA) is 65.9 Å². The first-order chi connectivity index (χ1) is 14.1. The van der Waals surface area contributed by atoms with Crippen LogP contribution in [0.25, 0.3) is 11.4 Å². The molecule has 2 aromatic carbocycles. The minimum absolute atomic E-state index is 0.140. The van der Waals surface area contributed by atoms with Crippen molar-refractivity contribution in [3.63, 3.8) is 0 Å². The van der Waals surface area contributed by atoms with Crippen molar-refractivity contribution < 1.29 is 23.3 Å². The average Bonchev–Trinajstić information content (AvgIpc) is 2.78. The molecular weight excluding hydrogens is 377 g/mol. The van der Waals surface area contributed by atoms with Crippen LogP contribution >= 0.6 is 0 Å². The van der Waals surface area contributed by atoms with Gasteiger partial charge in [-0.1, -0.05) is 0 Å². The predicted molar refractivity (Wildman–Crippen MR) is 106 cm³/mol. The van der Waals surface area contributed by atoms with Crippen LogP contribution in [-0.4, -0.2) is 44.4 Å². The van der Waals surface area contributed by atoms with Crippen LogP contribution in [0.4, 0.5) is 15.9 Å². The Labute approximate surface area is 167 Å². The maximum Gasteiger partial charge on any atom is 0.184 e. The Bertz CT molecular complexity index is 1040. The maximum absolute atomic E-state index is 14.6. The zero-order valence-electron chi connectivity index (χ0n) is 16.3. The molecule has 0 aliphatic carbocycles. The van der Waals surface area contributed by atoms with E-state index in [2.05, 4.69) is 9.97 Å². The Morgan fingerprint density at radius 3 is 2.48 bits per heavy atom. The first-order valence-corrected chi connectivity index (χ1v) is 8.99. The molecule has 1 aliphatic heterocycles. The van der Waals surface area contributed by atoms with Gasteiger partial charge in [0.1, 0.15) is 13.2 Å². The molecule has 0 atom stereocenters. The average molecular weight is 397 g/mol. The van der Waals surface area contributed by atoms with Gasteiger partial charge in [-0.25, -0.2) is 14.4 Å². The molecule has 7 nitrogen and oxygen atoms in total. The summed E-state index contributed by atoms with van der Waals surface area (Å²) in [5.74, 6) is 2.39. The molecule has 0 spiro atoms. The van der Waals surface area contributed by atoms with Crippen LogP contribution in [-0.2, 0) is 0 Å². The molecule has 0 bridgehead atoms. The van der Waals surface area contributed by atoms with Gasteiger partial charge in [0.05, 0.1) is 20.4 Å². The summed E-state index contributed by atoms with van der Waals surface area (Å²) in [5.41, 5.74) is 1.39. The van der Waals surface area contributed by atoms with Crippen LogP contribution in [0.15, 0.2) is 42.6 Å². The van der Waals surface area contributed by atoms with Crippen molar-refractivity contribution in [2.75, 3.05) is 39.4 Å². The zero-order chi connectivity index (χ0) is 20.4. The van der Waals surface area contributed by atoms with Crippen molar-refractivity contribution >= 4 is 11.5 Å². The van der Waals surface area contributed by atoms with Gasteiger partial charge in [-0.2, -0.15) is 0 Å². The normalized spacial score (nSPS) is 12.4. The second-order valence-electron chi connectivity index (χ2n) is 6.32. The van der Waals surface area contributed by atoms with Gasteiger partial charge in [-0.3, -0.25) is 0 Å². The fraction of sp³-hybridized carbons (Fsp3) is 0.238. The molecule has 0 fully saturated rings. The third-order valence-corrected chi connectivity index (χ3v) is 4.60. The lowest BCUT2D eigenvalue weighted by Gasteiger charge is -2.23.